The summed E-state index contributed by atoms with van der Waals surface area (Å²) in [6.45, 7) is 2.70. The highest BCUT2D eigenvalue weighted by molar-refractivity contribution is 8.26. The third kappa shape index (κ3) is 5.86. The molecule has 10 heteroatoms. The van der Waals surface area contributed by atoms with Gasteiger partial charge in [-0.2, -0.15) is 15.1 Å². The van der Waals surface area contributed by atoms with E-state index in [2.05, 4.69) is 17.0 Å². The van der Waals surface area contributed by atoms with Crippen LogP contribution in [0.2, 0.25) is 5.02 Å². The fourth-order valence-electron chi connectivity index (χ4n) is 3.39. The molecule has 0 aromatic heterocycles. The van der Waals surface area contributed by atoms with Gasteiger partial charge in [-0.25, -0.2) is 0 Å². The van der Waals surface area contributed by atoms with Crippen LogP contribution in [0.1, 0.15) is 31.7 Å². The molecule has 8 nitrogen and oxygen atoms in total. The van der Waals surface area contributed by atoms with Crippen molar-refractivity contribution in [3.63, 3.8) is 0 Å². The average Bonchev–Trinajstić information content (AvgIpc) is 3.27. The Hall–Kier alpha value is -3.30. The molecular weight excluding hydrogens is 488 g/mol. The highest BCUT2D eigenvalue weighted by atomic mass is 35.5. The molecule has 2 aliphatic rings. The fourth-order valence-corrected chi connectivity index (χ4v) is 4.50. The van der Waals surface area contributed by atoms with Crippen molar-refractivity contribution in [1.29, 1.82) is 5.41 Å². The predicted molar refractivity (Wildman–Crippen MR) is 140 cm³/mol. The van der Waals surface area contributed by atoms with Gasteiger partial charge in [-0.15, -0.1) is 0 Å². The van der Waals surface area contributed by atoms with E-state index in [0.29, 0.717) is 39.6 Å². The topological polar surface area (TPSA) is 96.6 Å². The zero-order chi connectivity index (χ0) is 24.8. The van der Waals surface area contributed by atoms with Crippen molar-refractivity contribution in [2.24, 2.45) is 10.1 Å². The number of ether oxygens (including phenoxy) is 3. The average molecular weight is 513 g/mol. The predicted octanol–water partition coefficient (Wildman–Crippen LogP) is 5.62. The van der Waals surface area contributed by atoms with Crippen LogP contribution in [-0.4, -0.2) is 47.3 Å². The molecule has 0 saturated heterocycles. The van der Waals surface area contributed by atoms with E-state index in [4.69, 9.17) is 31.2 Å². The molecule has 0 radical (unpaired) electrons. The highest BCUT2D eigenvalue weighted by Gasteiger charge is 2.35. The molecule has 4 rings (SSSR count). The van der Waals surface area contributed by atoms with Crippen LogP contribution in [0.15, 0.2) is 58.1 Å². The Morgan fingerprint density at radius 3 is 2.63 bits per heavy atom. The van der Waals surface area contributed by atoms with Gasteiger partial charge in [0, 0.05) is 0 Å². The van der Waals surface area contributed by atoms with E-state index in [1.54, 1.807) is 36.4 Å². The fraction of sp³-hybridized carbons (Fsp3) is 0.280. The number of hydrogen-bond donors (Lipinski definition) is 1. The van der Waals surface area contributed by atoms with Crippen LogP contribution in [0.25, 0.3) is 6.08 Å². The van der Waals surface area contributed by atoms with E-state index in [0.717, 1.165) is 24.3 Å². The smallest absolute Gasteiger partial charge is 0.283 e. The van der Waals surface area contributed by atoms with E-state index in [-0.39, 0.29) is 18.0 Å². The first-order chi connectivity index (χ1) is 17.0. The Morgan fingerprint density at radius 1 is 1.11 bits per heavy atom. The van der Waals surface area contributed by atoms with Crippen molar-refractivity contribution < 1.29 is 19.0 Å². The maximum atomic E-state index is 12.6. The highest BCUT2D eigenvalue weighted by Crippen LogP contribution is 2.32. The molecule has 2 aromatic carbocycles. The van der Waals surface area contributed by atoms with Crippen molar-refractivity contribution in [2.45, 2.75) is 26.2 Å². The van der Waals surface area contributed by atoms with E-state index in [1.807, 2.05) is 12.1 Å². The number of amidine groups is 2. The number of hydrogen-bond acceptors (Lipinski definition) is 7. The maximum Gasteiger partial charge on any atom is 0.283 e. The second-order valence-electron chi connectivity index (χ2n) is 7.65. The Balaban J connectivity index is 1.43. The SMILES string of the molecule is CCCCC1=NN2C(=N)C(=Cc3ccc(OCCOc4ccccc4Cl)c(OC)c3)C(=O)N=C2S1. The summed E-state index contributed by atoms with van der Waals surface area (Å²) >= 11 is 7.44. The summed E-state index contributed by atoms with van der Waals surface area (Å²) in [4.78, 5) is 16.8. The number of methoxy groups -OCH3 is 1. The minimum atomic E-state index is -0.461. The van der Waals surface area contributed by atoms with Gasteiger partial charge in [-0.05, 0) is 60.5 Å². The van der Waals surface area contributed by atoms with Crippen molar-refractivity contribution >= 4 is 51.4 Å². The first-order valence-corrected chi connectivity index (χ1v) is 12.4. The molecule has 1 N–H and O–H groups in total. The van der Waals surface area contributed by atoms with Crippen LogP contribution in [0.4, 0.5) is 0 Å². The monoisotopic (exact) mass is 512 g/mol. The number of aliphatic imine (C=N–C) groups is 1. The van der Waals surface area contributed by atoms with Gasteiger partial charge < -0.3 is 14.2 Å². The molecule has 2 heterocycles. The molecule has 1 amide bonds. The van der Waals surface area contributed by atoms with E-state index >= 15 is 0 Å². The summed E-state index contributed by atoms with van der Waals surface area (Å²) in [7, 11) is 1.54. The number of carbonyl (C=O) groups excluding carboxylic acids is 1. The van der Waals surface area contributed by atoms with Crippen LogP contribution in [-0.2, 0) is 4.79 Å². The molecule has 35 heavy (non-hydrogen) atoms. The third-order valence-electron chi connectivity index (χ3n) is 5.17. The minimum absolute atomic E-state index is 0.00927. The Labute approximate surface area is 213 Å². The molecule has 0 saturated carbocycles. The van der Waals surface area contributed by atoms with Crippen molar-refractivity contribution in [1.82, 2.24) is 5.01 Å². The van der Waals surface area contributed by atoms with Crippen LogP contribution in [0, 0.1) is 5.41 Å². The molecule has 2 aliphatic heterocycles. The molecule has 0 unspecified atom stereocenters. The van der Waals surface area contributed by atoms with Gasteiger partial charge >= 0.3 is 0 Å². The lowest BCUT2D eigenvalue weighted by molar-refractivity contribution is -0.114. The van der Waals surface area contributed by atoms with Crippen molar-refractivity contribution in [3.05, 3.63) is 58.6 Å². The van der Waals surface area contributed by atoms with Gasteiger partial charge in [-0.3, -0.25) is 10.2 Å². The summed E-state index contributed by atoms with van der Waals surface area (Å²) in [5.74, 6) is 1.17. The number of nitrogens with one attached hydrogen (secondary N) is 1. The summed E-state index contributed by atoms with van der Waals surface area (Å²) in [6.07, 6.45) is 4.46. The molecule has 0 fully saturated rings. The molecule has 0 spiro atoms. The zero-order valence-corrected chi connectivity index (χ0v) is 21.0. The summed E-state index contributed by atoms with van der Waals surface area (Å²) < 4.78 is 16.9. The number of thioether (sulfide) groups is 1. The molecule has 0 bridgehead atoms. The number of hydrazone groups is 1. The standard InChI is InChI=1S/C25H25ClN4O4S/c1-3-4-9-22-29-30-23(27)17(24(31)28-25(30)35-22)14-16-10-11-20(21(15-16)32-2)34-13-12-33-19-8-6-5-7-18(19)26/h5-8,10-11,14-15,27H,3-4,9,12-13H2,1-2H3. The first kappa shape index (κ1) is 24.8. The van der Waals surface area contributed by atoms with Gasteiger partial charge in [0.15, 0.2) is 17.3 Å². The lowest BCUT2D eigenvalue weighted by Crippen LogP contribution is -2.35. The number of amides is 1. The number of carbonyl (C=O) groups is 1. The van der Waals surface area contributed by atoms with Crippen LogP contribution >= 0.6 is 23.4 Å². The molecule has 182 valence electrons. The van der Waals surface area contributed by atoms with Crippen LogP contribution in [0.5, 0.6) is 17.2 Å². The second-order valence-corrected chi connectivity index (χ2v) is 9.10. The van der Waals surface area contributed by atoms with Crippen LogP contribution in [0.3, 0.4) is 0 Å². The summed E-state index contributed by atoms with van der Waals surface area (Å²) in [6, 6.07) is 12.5. The third-order valence-corrected chi connectivity index (χ3v) is 6.45. The van der Waals surface area contributed by atoms with Crippen molar-refractivity contribution in [3.8, 4) is 17.2 Å². The van der Waals surface area contributed by atoms with E-state index in [9.17, 15) is 4.79 Å². The molecule has 0 atom stereocenters. The number of para-hydroxylation sites is 1. The number of rotatable bonds is 10. The summed E-state index contributed by atoms with van der Waals surface area (Å²) in [5.41, 5.74) is 0.842. The van der Waals surface area contributed by atoms with Gasteiger partial charge in [0.2, 0.25) is 5.17 Å². The first-order valence-electron chi connectivity index (χ1n) is 11.2. The number of benzene rings is 2. The van der Waals surface area contributed by atoms with Gasteiger partial charge in [-0.1, -0.05) is 43.1 Å². The van der Waals surface area contributed by atoms with E-state index < -0.39 is 5.91 Å². The lowest BCUT2D eigenvalue weighted by atomic mass is 10.1. The Morgan fingerprint density at radius 2 is 1.89 bits per heavy atom. The van der Waals surface area contributed by atoms with E-state index in [1.165, 1.54) is 23.9 Å². The largest absolute Gasteiger partial charge is 0.493 e. The van der Waals surface area contributed by atoms with Gasteiger partial charge in [0.1, 0.15) is 24.0 Å². The Kier molecular flexibility index (Phi) is 8.09. The number of unbranched alkanes of at least 4 members (excludes halogenated alkanes) is 1. The minimum Gasteiger partial charge on any atom is -0.493 e. The van der Waals surface area contributed by atoms with Crippen molar-refractivity contribution in [2.75, 3.05) is 20.3 Å². The Bertz CT molecular complexity index is 1230. The maximum absolute atomic E-state index is 12.6. The number of fused-ring (bicyclic) bond motifs is 1. The molecular formula is C25H25ClN4O4S. The second kappa shape index (κ2) is 11.4. The number of nitrogens with zero attached hydrogens (tertiary/aromatic N) is 3. The van der Waals surface area contributed by atoms with Gasteiger partial charge in [0.05, 0.1) is 17.7 Å². The van der Waals surface area contributed by atoms with Gasteiger partial charge in [0.25, 0.3) is 5.91 Å². The normalized spacial score (nSPS) is 16.2. The quantitative estimate of drug-likeness (QED) is 0.328. The zero-order valence-electron chi connectivity index (χ0n) is 19.4. The lowest BCUT2D eigenvalue weighted by Gasteiger charge is -2.20. The van der Waals surface area contributed by atoms with Crippen LogP contribution < -0.4 is 14.2 Å². The molecule has 0 aliphatic carbocycles. The number of halogens is 1. The molecule has 2 aromatic rings. The summed E-state index contributed by atoms with van der Waals surface area (Å²) in [5, 5.41) is 16.3.